The summed E-state index contributed by atoms with van der Waals surface area (Å²) in [4.78, 5) is 0.185. The molecule has 8 heteroatoms. The van der Waals surface area contributed by atoms with Gasteiger partial charge >= 0.3 is 0 Å². The highest BCUT2D eigenvalue weighted by Gasteiger charge is 2.20. The van der Waals surface area contributed by atoms with Crippen molar-refractivity contribution in [3.63, 3.8) is 0 Å². The molecule has 6 nitrogen and oxygen atoms in total. The van der Waals surface area contributed by atoms with E-state index in [4.69, 9.17) is 14.2 Å². The summed E-state index contributed by atoms with van der Waals surface area (Å²) in [6, 6.07) is 9.58. The number of hydrogen-bond acceptors (Lipinski definition) is 5. The number of rotatable bonds is 7. The molecule has 0 saturated carbocycles. The Bertz CT molecular complexity index is 854. The van der Waals surface area contributed by atoms with Crippen molar-refractivity contribution >= 4 is 32.6 Å². The molecule has 0 fully saturated rings. The largest absolute Gasteiger partial charge is 0.496 e. The van der Waals surface area contributed by atoms with Crippen molar-refractivity contribution in [3.05, 3.63) is 45.5 Å². The van der Waals surface area contributed by atoms with Gasteiger partial charge in [0, 0.05) is 6.04 Å². The number of halogens is 1. The third-order valence-electron chi connectivity index (χ3n) is 3.67. The van der Waals surface area contributed by atoms with E-state index < -0.39 is 16.1 Å². The second kappa shape index (κ2) is 8.24. The molecule has 2 aromatic rings. The van der Waals surface area contributed by atoms with Gasteiger partial charge in [-0.2, -0.15) is 0 Å². The maximum atomic E-state index is 12.6. The van der Waals surface area contributed by atoms with E-state index in [9.17, 15) is 8.42 Å². The lowest BCUT2D eigenvalue weighted by atomic mass is 10.1. The first-order valence-corrected chi connectivity index (χ1v) is 9.96. The normalized spacial score (nSPS) is 12.5. The summed E-state index contributed by atoms with van der Waals surface area (Å²) >= 11 is 2.04. The van der Waals surface area contributed by atoms with Crippen LogP contribution in [0.25, 0.3) is 0 Å². The van der Waals surface area contributed by atoms with Crippen molar-refractivity contribution in [1.82, 2.24) is 4.72 Å². The predicted molar refractivity (Wildman–Crippen MR) is 104 cm³/mol. The summed E-state index contributed by atoms with van der Waals surface area (Å²) in [7, 11) is 0.960. The van der Waals surface area contributed by atoms with Crippen LogP contribution in [-0.2, 0) is 10.0 Å². The summed E-state index contributed by atoms with van der Waals surface area (Å²) in [6.07, 6.45) is 0. The molecule has 2 aromatic carbocycles. The Kier molecular flexibility index (Phi) is 6.53. The summed E-state index contributed by atoms with van der Waals surface area (Å²) in [5, 5.41) is 0. The zero-order chi connectivity index (χ0) is 18.6. The average molecular weight is 477 g/mol. The van der Waals surface area contributed by atoms with Crippen LogP contribution in [-0.4, -0.2) is 29.7 Å². The van der Waals surface area contributed by atoms with Gasteiger partial charge in [-0.05, 0) is 65.4 Å². The van der Waals surface area contributed by atoms with Crippen molar-refractivity contribution in [2.24, 2.45) is 0 Å². The number of benzene rings is 2. The number of sulfonamides is 1. The highest BCUT2D eigenvalue weighted by molar-refractivity contribution is 14.1. The minimum Gasteiger partial charge on any atom is -0.496 e. The predicted octanol–water partition coefficient (Wildman–Crippen LogP) is 3.36. The van der Waals surface area contributed by atoms with E-state index in [1.54, 1.807) is 51.5 Å². The van der Waals surface area contributed by atoms with E-state index in [-0.39, 0.29) is 4.90 Å². The summed E-state index contributed by atoms with van der Waals surface area (Å²) in [6.45, 7) is 1.77. The van der Waals surface area contributed by atoms with E-state index in [0.29, 0.717) is 17.2 Å². The first-order chi connectivity index (χ1) is 11.8. The number of hydrogen-bond donors (Lipinski definition) is 1. The lowest BCUT2D eigenvalue weighted by Crippen LogP contribution is -2.27. The third kappa shape index (κ3) is 4.56. The van der Waals surface area contributed by atoms with Gasteiger partial charge in [-0.15, -0.1) is 0 Å². The van der Waals surface area contributed by atoms with Gasteiger partial charge in [0.2, 0.25) is 10.0 Å². The van der Waals surface area contributed by atoms with Crippen molar-refractivity contribution in [1.29, 1.82) is 0 Å². The minimum absolute atomic E-state index is 0.185. The second-order valence-corrected chi connectivity index (χ2v) is 8.13. The fourth-order valence-corrected chi connectivity index (χ4v) is 4.51. The number of ether oxygens (including phenoxy) is 3. The molecule has 0 heterocycles. The lowest BCUT2D eigenvalue weighted by Gasteiger charge is -2.17. The fourth-order valence-electron chi connectivity index (χ4n) is 2.31. The molecule has 0 unspecified atom stereocenters. The van der Waals surface area contributed by atoms with Crippen LogP contribution in [0.4, 0.5) is 0 Å². The minimum atomic E-state index is -3.67. The number of methoxy groups -OCH3 is 3. The van der Waals surface area contributed by atoms with Crippen molar-refractivity contribution in [3.8, 4) is 17.2 Å². The molecular formula is C17H20INO5S. The van der Waals surface area contributed by atoms with Crippen molar-refractivity contribution in [2.75, 3.05) is 21.3 Å². The fraction of sp³-hybridized carbons (Fsp3) is 0.294. The van der Waals surface area contributed by atoms with Crippen LogP contribution in [0.3, 0.4) is 0 Å². The van der Waals surface area contributed by atoms with Gasteiger partial charge < -0.3 is 14.2 Å². The van der Waals surface area contributed by atoms with Gasteiger partial charge in [0.1, 0.15) is 5.75 Å². The molecule has 0 amide bonds. The molecule has 136 valence electrons. The molecule has 0 aliphatic heterocycles. The van der Waals surface area contributed by atoms with Crippen molar-refractivity contribution < 1.29 is 22.6 Å². The Morgan fingerprint density at radius 2 is 1.52 bits per heavy atom. The first kappa shape index (κ1) is 19.8. The zero-order valence-electron chi connectivity index (χ0n) is 14.4. The smallest absolute Gasteiger partial charge is 0.241 e. The SMILES string of the molecule is COc1ccc(S(=O)(=O)N[C@H](C)c2ccc(OC)c(OC)c2)cc1I. The molecule has 1 N–H and O–H groups in total. The molecule has 2 rings (SSSR count). The third-order valence-corrected chi connectivity index (χ3v) is 6.05. The molecule has 0 aliphatic carbocycles. The highest BCUT2D eigenvalue weighted by Crippen LogP contribution is 2.31. The first-order valence-electron chi connectivity index (χ1n) is 7.40. The molecule has 25 heavy (non-hydrogen) atoms. The number of nitrogens with one attached hydrogen (secondary N) is 1. The monoisotopic (exact) mass is 477 g/mol. The molecular weight excluding hydrogens is 457 g/mol. The Labute approximate surface area is 161 Å². The highest BCUT2D eigenvalue weighted by atomic mass is 127. The molecule has 0 spiro atoms. The van der Waals surface area contributed by atoms with Crippen LogP contribution < -0.4 is 18.9 Å². The van der Waals surface area contributed by atoms with Gasteiger partial charge in [0.05, 0.1) is 29.8 Å². The van der Waals surface area contributed by atoms with Gasteiger partial charge in [-0.1, -0.05) is 6.07 Å². The molecule has 0 radical (unpaired) electrons. The van der Waals surface area contributed by atoms with Gasteiger partial charge in [0.25, 0.3) is 0 Å². The Hall–Kier alpha value is -1.52. The van der Waals surface area contributed by atoms with Crippen LogP contribution in [0.1, 0.15) is 18.5 Å². The van der Waals surface area contributed by atoms with Crippen molar-refractivity contribution in [2.45, 2.75) is 17.9 Å². The molecule has 1 atom stereocenters. The van der Waals surface area contributed by atoms with Crippen LogP contribution >= 0.6 is 22.6 Å². The molecule has 0 bridgehead atoms. The Morgan fingerprint density at radius 1 is 0.920 bits per heavy atom. The quantitative estimate of drug-likeness (QED) is 0.620. The summed E-state index contributed by atoms with van der Waals surface area (Å²) in [5.41, 5.74) is 0.768. The molecule has 0 saturated heterocycles. The average Bonchev–Trinajstić information content (AvgIpc) is 2.60. The zero-order valence-corrected chi connectivity index (χ0v) is 17.3. The van der Waals surface area contributed by atoms with Gasteiger partial charge in [-0.25, -0.2) is 13.1 Å². The molecule has 0 aromatic heterocycles. The Morgan fingerprint density at radius 3 is 2.08 bits per heavy atom. The van der Waals surface area contributed by atoms with Gasteiger partial charge in [0.15, 0.2) is 11.5 Å². The van der Waals surface area contributed by atoms with Crippen LogP contribution in [0.15, 0.2) is 41.3 Å². The van der Waals surface area contributed by atoms with E-state index in [0.717, 1.165) is 9.13 Å². The van der Waals surface area contributed by atoms with E-state index >= 15 is 0 Å². The lowest BCUT2D eigenvalue weighted by molar-refractivity contribution is 0.354. The van der Waals surface area contributed by atoms with Crippen LogP contribution in [0.2, 0.25) is 0 Å². The summed E-state index contributed by atoms with van der Waals surface area (Å²) in [5.74, 6) is 1.77. The van der Waals surface area contributed by atoms with E-state index in [2.05, 4.69) is 4.72 Å². The topological polar surface area (TPSA) is 73.9 Å². The molecule has 0 aliphatic rings. The standard InChI is InChI=1S/C17H20INO5S/c1-11(12-5-7-16(23-3)17(9-12)24-4)19-25(20,21)13-6-8-15(22-2)14(18)10-13/h5-11,19H,1-4H3/t11-/m1/s1. The summed E-state index contributed by atoms with van der Waals surface area (Å²) < 4.78 is 44.3. The maximum absolute atomic E-state index is 12.6. The maximum Gasteiger partial charge on any atom is 0.241 e. The Balaban J connectivity index is 2.26. The van der Waals surface area contributed by atoms with E-state index in [1.807, 2.05) is 22.6 Å². The van der Waals surface area contributed by atoms with E-state index in [1.165, 1.54) is 13.2 Å². The van der Waals surface area contributed by atoms with Gasteiger partial charge in [-0.3, -0.25) is 0 Å². The van der Waals surface area contributed by atoms with Crippen LogP contribution in [0, 0.1) is 3.57 Å². The second-order valence-electron chi connectivity index (χ2n) is 5.25. The van der Waals surface area contributed by atoms with Crippen LogP contribution in [0.5, 0.6) is 17.2 Å².